The third-order valence-corrected chi connectivity index (χ3v) is 2.42. The lowest BCUT2D eigenvalue weighted by Crippen LogP contribution is -1.95. The number of allylic oxidation sites excluding steroid dienone is 6. The Hall–Kier alpha value is -0.690. The lowest BCUT2D eigenvalue weighted by molar-refractivity contribution is 0.785. The largest absolute Gasteiger partial charge is 0.151 e. The molecule has 1 heteroatoms. The van der Waals surface area contributed by atoms with E-state index in [-0.39, 0.29) is 0 Å². The molecule has 0 aliphatic carbocycles. The molecule has 0 rings (SSSR count). The van der Waals surface area contributed by atoms with Crippen LogP contribution in [0.2, 0.25) is 0 Å². The van der Waals surface area contributed by atoms with Crippen molar-refractivity contribution < 1.29 is 0 Å². The molecule has 0 aromatic carbocycles. The first-order chi connectivity index (χ1) is 7.17. The minimum absolute atomic E-state index is 0.486. The summed E-state index contributed by atoms with van der Waals surface area (Å²) in [5, 5.41) is 1.89. The predicted molar refractivity (Wildman–Crippen MR) is 74.2 cm³/mol. The molecule has 0 fully saturated rings. The molecule has 0 radical (unpaired) electrons. The van der Waals surface area contributed by atoms with E-state index in [1.807, 2.05) is 17.6 Å². The minimum Gasteiger partial charge on any atom is -0.151 e. The van der Waals surface area contributed by atoms with Crippen molar-refractivity contribution in [2.24, 2.45) is 5.92 Å². The Bertz CT molecular complexity index is 267. The van der Waals surface area contributed by atoms with Crippen LogP contribution in [0.1, 0.15) is 33.6 Å². The van der Waals surface area contributed by atoms with Crippen LogP contribution in [0.3, 0.4) is 0 Å². The maximum absolute atomic E-state index is 4.26. The molecular weight excluding hydrogens is 200 g/mol. The second-order valence-corrected chi connectivity index (χ2v) is 4.05. The van der Waals surface area contributed by atoms with Crippen molar-refractivity contribution in [1.29, 1.82) is 0 Å². The molecule has 0 bridgehead atoms. The standard InChI is InChI=1S/C14H22S/c1-5-7-8-10-13(9-6-2)14(11-15)12(3)4/h6,8-12,15H,2,5,7H2,1,3-4H3/b10-8-,13-9+,14-11+. The zero-order valence-corrected chi connectivity index (χ0v) is 10.9. The number of hydrogen-bond acceptors (Lipinski definition) is 1. The summed E-state index contributed by atoms with van der Waals surface area (Å²) < 4.78 is 0. The predicted octanol–water partition coefficient (Wildman–Crippen LogP) is 4.92. The number of hydrogen-bond donors (Lipinski definition) is 1. The molecule has 0 amide bonds. The van der Waals surface area contributed by atoms with Crippen LogP contribution in [0, 0.1) is 5.92 Å². The van der Waals surface area contributed by atoms with E-state index >= 15 is 0 Å². The lowest BCUT2D eigenvalue weighted by atomic mass is 9.96. The van der Waals surface area contributed by atoms with E-state index in [0.29, 0.717) is 5.92 Å². The number of rotatable bonds is 6. The molecule has 0 aromatic heterocycles. The highest BCUT2D eigenvalue weighted by Crippen LogP contribution is 2.21. The van der Waals surface area contributed by atoms with Gasteiger partial charge in [-0.1, -0.05) is 58.1 Å². The maximum Gasteiger partial charge on any atom is -0.0208 e. The van der Waals surface area contributed by atoms with E-state index in [4.69, 9.17) is 0 Å². The van der Waals surface area contributed by atoms with Gasteiger partial charge >= 0.3 is 0 Å². The Morgan fingerprint density at radius 1 is 1.40 bits per heavy atom. The van der Waals surface area contributed by atoms with Crippen LogP contribution >= 0.6 is 12.6 Å². The Kier molecular flexibility index (Phi) is 8.21. The molecule has 0 saturated heterocycles. The average Bonchev–Trinajstić information content (AvgIpc) is 2.18. The van der Waals surface area contributed by atoms with Gasteiger partial charge in [0.05, 0.1) is 0 Å². The second kappa shape index (κ2) is 8.60. The van der Waals surface area contributed by atoms with Crippen LogP contribution in [0.15, 0.2) is 47.4 Å². The molecule has 15 heavy (non-hydrogen) atoms. The highest BCUT2D eigenvalue weighted by molar-refractivity contribution is 7.83. The molecule has 0 saturated carbocycles. The van der Waals surface area contributed by atoms with E-state index < -0.39 is 0 Å². The van der Waals surface area contributed by atoms with Gasteiger partial charge in [0.1, 0.15) is 0 Å². The fraction of sp³-hybridized carbons (Fsp3) is 0.429. The average molecular weight is 222 g/mol. The van der Waals surface area contributed by atoms with Crippen molar-refractivity contribution in [3.63, 3.8) is 0 Å². The molecule has 0 aliphatic rings. The molecule has 0 aromatic rings. The minimum atomic E-state index is 0.486. The quantitative estimate of drug-likeness (QED) is 0.478. The summed E-state index contributed by atoms with van der Waals surface area (Å²) >= 11 is 4.26. The van der Waals surface area contributed by atoms with E-state index in [0.717, 1.165) is 6.42 Å². The van der Waals surface area contributed by atoms with Crippen LogP contribution in [0.25, 0.3) is 0 Å². The fourth-order valence-electron chi connectivity index (χ4n) is 1.31. The highest BCUT2D eigenvalue weighted by atomic mass is 32.1. The van der Waals surface area contributed by atoms with E-state index in [1.165, 1.54) is 17.6 Å². The summed E-state index contributed by atoms with van der Waals surface area (Å²) in [5.74, 6) is 0.486. The summed E-state index contributed by atoms with van der Waals surface area (Å²) in [6, 6.07) is 0. The van der Waals surface area contributed by atoms with Crippen molar-refractivity contribution in [1.82, 2.24) is 0 Å². The Balaban J connectivity index is 4.81. The second-order valence-electron chi connectivity index (χ2n) is 3.79. The zero-order chi connectivity index (χ0) is 11.7. The molecule has 0 N–H and O–H groups in total. The van der Waals surface area contributed by atoms with Crippen molar-refractivity contribution in [2.75, 3.05) is 0 Å². The molecule has 0 atom stereocenters. The van der Waals surface area contributed by atoms with Crippen molar-refractivity contribution in [3.8, 4) is 0 Å². The van der Waals surface area contributed by atoms with Gasteiger partial charge in [0.25, 0.3) is 0 Å². The van der Waals surface area contributed by atoms with Crippen LogP contribution in [-0.4, -0.2) is 0 Å². The van der Waals surface area contributed by atoms with Gasteiger partial charge in [0.15, 0.2) is 0 Å². The highest BCUT2D eigenvalue weighted by Gasteiger charge is 2.05. The molecule has 0 nitrogen and oxygen atoms in total. The van der Waals surface area contributed by atoms with Gasteiger partial charge in [-0.15, -0.1) is 0 Å². The summed E-state index contributed by atoms with van der Waals surface area (Å²) in [7, 11) is 0. The summed E-state index contributed by atoms with van der Waals surface area (Å²) in [6.45, 7) is 10.3. The van der Waals surface area contributed by atoms with Gasteiger partial charge in [-0.3, -0.25) is 0 Å². The summed E-state index contributed by atoms with van der Waals surface area (Å²) in [4.78, 5) is 0. The Morgan fingerprint density at radius 2 is 2.07 bits per heavy atom. The zero-order valence-electron chi connectivity index (χ0n) is 10.0. The maximum atomic E-state index is 4.26. The smallest absolute Gasteiger partial charge is 0.0208 e. The van der Waals surface area contributed by atoms with Crippen molar-refractivity contribution in [3.05, 3.63) is 47.4 Å². The van der Waals surface area contributed by atoms with Crippen molar-refractivity contribution in [2.45, 2.75) is 33.6 Å². The third-order valence-electron chi connectivity index (χ3n) is 2.14. The van der Waals surface area contributed by atoms with E-state index in [9.17, 15) is 0 Å². The molecular formula is C14H22S. The SMILES string of the molecule is C=C/C=C(\C=C/CCC)C(=C/S)/C(C)C. The molecule has 0 aliphatic heterocycles. The summed E-state index contributed by atoms with van der Waals surface area (Å²) in [5.41, 5.74) is 2.47. The molecule has 0 unspecified atom stereocenters. The summed E-state index contributed by atoms with van der Waals surface area (Å²) in [6.07, 6.45) is 10.5. The number of unbranched alkanes of at least 4 members (excludes halogenated alkanes) is 1. The van der Waals surface area contributed by atoms with Gasteiger partial charge in [-0.25, -0.2) is 0 Å². The van der Waals surface area contributed by atoms with E-state index in [1.54, 1.807) is 0 Å². The van der Waals surface area contributed by atoms with Gasteiger partial charge in [-0.05, 0) is 28.9 Å². The van der Waals surface area contributed by atoms with Gasteiger partial charge < -0.3 is 0 Å². The normalized spacial score (nSPS) is 13.9. The number of thiol groups is 1. The first-order valence-corrected chi connectivity index (χ1v) is 6.02. The molecule has 0 spiro atoms. The Labute approximate surface area is 99.9 Å². The monoisotopic (exact) mass is 222 g/mol. The fourth-order valence-corrected chi connectivity index (χ4v) is 1.76. The van der Waals surface area contributed by atoms with Crippen LogP contribution in [-0.2, 0) is 0 Å². The van der Waals surface area contributed by atoms with Crippen LogP contribution in [0.4, 0.5) is 0 Å². The van der Waals surface area contributed by atoms with Gasteiger partial charge in [0.2, 0.25) is 0 Å². The first-order valence-electron chi connectivity index (χ1n) is 5.51. The molecule has 0 heterocycles. The van der Waals surface area contributed by atoms with Gasteiger partial charge in [-0.2, -0.15) is 12.6 Å². The topological polar surface area (TPSA) is 0 Å². The van der Waals surface area contributed by atoms with E-state index in [2.05, 4.69) is 52.1 Å². The Morgan fingerprint density at radius 3 is 2.47 bits per heavy atom. The van der Waals surface area contributed by atoms with Crippen LogP contribution < -0.4 is 0 Å². The first kappa shape index (κ1) is 14.3. The molecule has 84 valence electrons. The van der Waals surface area contributed by atoms with Gasteiger partial charge in [0, 0.05) is 0 Å². The third kappa shape index (κ3) is 5.68. The van der Waals surface area contributed by atoms with Crippen molar-refractivity contribution >= 4 is 12.6 Å². The lowest BCUT2D eigenvalue weighted by Gasteiger charge is -2.11. The van der Waals surface area contributed by atoms with Crippen LogP contribution in [0.5, 0.6) is 0 Å².